The van der Waals surface area contributed by atoms with E-state index in [0.29, 0.717) is 6.04 Å². The molecule has 1 aliphatic rings. The summed E-state index contributed by atoms with van der Waals surface area (Å²) in [6, 6.07) is 2.22. The number of nitrogens with one attached hydrogen (secondary N) is 1. The van der Waals surface area contributed by atoms with Crippen LogP contribution in [0.4, 0.5) is 0 Å². The van der Waals surface area contributed by atoms with Gasteiger partial charge in [0, 0.05) is 25.6 Å². The van der Waals surface area contributed by atoms with Crippen LogP contribution in [0.2, 0.25) is 0 Å². The van der Waals surface area contributed by atoms with Crippen molar-refractivity contribution in [1.82, 2.24) is 10.2 Å². The van der Waals surface area contributed by atoms with Crippen LogP contribution in [-0.4, -0.2) is 36.5 Å². The minimum absolute atomic E-state index is 0.114. The van der Waals surface area contributed by atoms with Crippen molar-refractivity contribution in [2.24, 2.45) is 0 Å². The van der Waals surface area contributed by atoms with Gasteiger partial charge in [-0.15, -0.1) is 0 Å². The first-order valence-corrected chi connectivity index (χ1v) is 6.85. The topological polar surface area (TPSA) is 45.5 Å². The number of aryl methyl sites for hydroxylation is 1. The van der Waals surface area contributed by atoms with Crippen LogP contribution >= 0.6 is 0 Å². The van der Waals surface area contributed by atoms with Crippen LogP contribution in [0.5, 0.6) is 0 Å². The lowest BCUT2D eigenvalue weighted by molar-refractivity contribution is 0.0693. The fourth-order valence-corrected chi connectivity index (χ4v) is 2.59. The van der Waals surface area contributed by atoms with E-state index in [9.17, 15) is 4.79 Å². The first kappa shape index (κ1) is 13.1. The molecule has 1 fully saturated rings. The average Bonchev–Trinajstić information content (AvgIpc) is 2.87. The molecular formula is C14H22N2O2. The summed E-state index contributed by atoms with van der Waals surface area (Å²) in [5.41, 5.74) is 0.731. The van der Waals surface area contributed by atoms with Crippen molar-refractivity contribution in [3.8, 4) is 0 Å². The minimum atomic E-state index is 0.114. The van der Waals surface area contributed by atoms with Gasteiger partial charge in [0.25, 0.3) is 5.91 Å². The van der Waals surface area contributed by atoms with Gasteiger partial charge in [0.2, 0.25) is 0 Å². The highest BCUT2D eigenvalue weighted by atomic mass is 16.3. The van der Waals surface area contributed by atoms with Gasteiger partial charge >= 0.3 is 0 Å². The van der Waals surface area contributed by atoms with Gasteiger partial charge in [-0.05, 0) is 25.5 Å². The molecule has 1 saturated heterocycles. The van der Waals surface area contributed by atoms with E-state index >= 15 is 0 Å². The van der Waals surface area contributed by atoms with Gasteiger partial charge in [-0.1, -0.05) is 13.8 Å². The number of carbonyl (C=O) groups is 1. The lowest BCUT2D eigenvalue weighted by Crippen LogP contribution is -2.48. The predicted molar refractivity (Wildman–Crippen MR) is 70.7 cm³/mol. The molecule has 0 radical (unpaired) electrons. The summed E-state index contributed by atoms with van der Waals surface area (Å²) < 4.78 is 5.34. The molecule has 4 heteroatoms. The molecule has 1 aromatic rings. The molecule has 0 aromatic carbocycles. The molecule has 1 amide bonds. The van der Waals surface area contributed by atoms with Gasteiger partial charge in [0.05, 0.1) is 11.8 Å². The van der Waals surface area contributed by atoms with Gasteiger partial charge in [-0.2, -0.15) is 0 Å². The SMILES string of the molecule is CCNC1CCCN(C(=O)c2ccoc2CC)C1. The Kier molecular flexibility index (Phi) is 4.42. The quantitative estimate of drug-likeness (QED) is 0.889. The number of hydrogen-bond donors (Lipinski definition) is 1. The molecule has 1 unspecified atom stereocenters. The molecule has 4 nitrogen and oxygen atoms in total. The standard InChI is InChI=1S/C14H22N2O2/c1-3-13-12(7-9-18-13)14(17)16-8-5-6-11(10-16)15-4-2/h7,9,11,15H,3-6,8,10H2,1-2H3. The fourth-order valence-electron chi connectivity index (χ4n) is 2.59. The molecule has 1 aromatic heterocycles. The maximum atomic E-state index is 12.4. The van der Waals surface area contributed by atoms with Crippen molar-refractivity contribution in [1.29, 1.82) is 0 Å². The summed E-state index contributed by atoms with van der Waals surface area (Å²) in [6.07, 6.45) is 4.60. The van der Waals surface area contributed by atoms with Crippen molar-refractivity contribution in [3.63, 3.8) is 0 Å². The summed E-state index contributed by atoms with van der Waals surface area (Å²) in [5.74, 6) is 0.911. The normalized spacial score (nSPS) is 20.1. The number of carbonyl (C=O) groups excluding carboxylic acids is 1. The highest BCUT2D eigenvalue weighted by Crippen LogP contribution is 2.18. The van der Waals surface area contributed by atoms with E-state index in [-0.39, 0.29) is 5.91 Å². The van der Waals surface area contributed by atoms with Gasteiger partial charge in [-0.3, -0.25) is 4.79 Å². The van der Waals surface area contributed by atoms with Crippen LogP contribution in [0.1, 0.15) is 42.8 Å². The second-order valence-corrected chi connectivity index (χ2v) is 4.76. The Labute approximate surface area is 108 Å². The van der Waals surface area contributed by atoms with E-state index in [0.717, 1.165) is 50.2 Å². The number of amides is 1. The van der Waals surface area contributed by atoms with E-state index in [1.165, 1.54) is 0 Å². The lowest BCUT2D eigenvalue weighted by atomic mass is 10.0. The molecule has 0 aliphatic carbocycles. The molecule has 1 N–H and O–H groups in total. The smallest absolute Gasteiger partial charge is 0.257 e. The number of likely N-dealkylation sites (tertiary alicyclic amines) is 1. The molecule has 0 spiro atoms. The van der Waals surface area contributed by atoms with Crippen LogP contribution < -0.4 is 5.32 Å². The molecule has 100 valence electrons. The van der Waals surface area contributed by atoms with E-state index in [1.807, 2.05) is 11.8 Å². The number of likely N-dealkylation sites (N-methyl/N-ethyl adjacent to an activating group) is 1. The Morgan fingerprint density at radius 3 is 3.11 bits per heavy atom. The molecule has 18 heavy (non-hydrogen) atoms. The monoisotopic (exact) mass is 250 g/mol. The van der Waals surface area contributed by atoms with Gasteiger partial charge in [-0.25, -0.2) is 0 Å². The van der Waals surface area contributed by atoms with Crippen LogP contribution in [0.3, 0.4) is 0 Å². The third kappa shape index (κ3) is 2.75. The van der Waals surface area contributed by atoms with Gasteiger partial charge in [0.1, 0.15) is 5.76 Å². The first-order chi connectivity index (χ1) is 8.76. The minimum Gasteiger partial charge on any atom is -0.469 e. The Morgan fingerprint density at radius 1 is 1.56 bits per heavy atom. The van der Waals surface area contributed by atoms with Crippen LogP contribution in [0.15, 0.2) is 16.7 Å². The maximum absolute atomic E-state index is 12.4. The van der Waals surface area contributed by atoms with Crippen molar-refractivity contribution in [2.75, 3.05) is 19.6 Å². The van der Waals surface area contributed by atoms with Crippen LogP contribution in [-0.2, 0) is 6.42 Å². The number of piperidine rings is 1. The highest BCUT2D eigenvalue weighted by Gasteiger charge is 2.25. The lowest BCUT2D eigenvalue weighted by Gasteiger charge is -2.33. The average molecular weight is 250 g/mol. The largest absolute Gasteiger partial charge is 0.469 e. The number of nitrogens with zero attached hydrogens (tertiary/aromatic N) is 1. The fraction of sp³-hybridized carbons (Fsp3) is 0.643. The predicted octanol–water partition coefficient (Wildman–Crippen LogP) is 2.06. The molecule has 1 aliphatic heterocycles. The van der Waals surface area contributed by atoms with E-state index in [4.69, 9.17) is 4.42 Å². The summed E-state index contributed by atoms with van der Waals surface area (Å²) in [6.45, 7) is 6.73. The summed E-state index contributed by atoms with van der Waals surface area (Å²) in [7, 11) is 0. The van der Waals surface area contributed by atoms with E-state index in [2.05, 4.69) is 12.2 Å². The van der Waals surface area contributed by atoms with Crippen LogP contribution in [0, 0.1) is 0 Å². The number of furan rings is 1. The first-order valence-electron chi connectivity index (χ1n) is 6.85. The Bertz CT molecular complexity index is 398. The second-order valence-electron chi connectivity index (χ2n) is 4.76. The second kappa shape index (κ2) is 6.05. The molecule has 2 rings (SSSR count). The molecule has 0 bridgehead atoms. The zero-order valence-corrected chi connectivity index (χ0v) is 11.2. The Morgan fingerprint density at radius 2 is 2.39 bits per heavy atom. The van der Waals surface area contributed by atoms with Gasteiger partial charge in [0.15, 0.2) is 0 Å². The molecular weight excluding hydrogens is 228 g/mol. The highest BCUT2D eigenvalue weighted by molar-refractivity contribution is 5.95. The summed E-state index contributed by atoms with van der Waals surface area (Å²) in [5, 5.41) is 3.43. The van der Waals surface area contributed by atoms with Crippen molar-refractivity contribution in [3.05, 3.63) is 23.7 Å². The molecule has 0 saturated carbocycles. The summed E-state index contributed by atoms with van der Waals surface area (Å²) >= 11 is 0. The van der Waals surface area contributed by atoms with Crippen LogP contribution in [0.25, 0.3) is 0 Å². The molecule has 2 heterocycles. The third-order valence-electron chi connectivity index (χ3n) is 3.50. The third-order valence-corrected chi connectivity index (χ3v) is 3.50. The van der Waals surface area contributed by atoms with Gasteiger partial charge < -0.3 is 14.6 Å². The molecule has 1 atom stereocenters. The van der Waals surface area contributed by atoms with Crippen molar-refractivity contribution >= 4 is 5.91 Å². The van der Waals surface area contributed by atoms with E-state index < -0.39 is 0 Å². The zero-order chi connectivity index (χ0) is 13.0. The van der Waals surface area contributed by atoms with E-state index in [1.54, 1.807) is 12.3 Å². The maximum Gasteiger partial charge on any atom is 0.257 e. The Balaban J connectivity index is 2.04. The zero-order valence-electron chi connectivity index (χ0n) is 11.2. The summed E-state index contributed by atoms with van der Waals surface area (Å²) in [4.78, 5) is 14.4. The Hall–Kier alpha value is -1.29. The van der Waals surface area contributed by atoms with Crippen molar-refractivity contribution < 1.29 is 9.21 Å². The van der Waals surface area contributed by atoms with Crippen molar-refractivity contribution in [2.45, 2.75) is 39.2 Å². The number of rotatable bonds is 4. The number of hydrogen-bond acceptors (Lipinski definition) is 3.